The highest BCUT2D eigenvalue weighted by Gasteiger charge is 2.29. The van der Waals surface area contributed by atoms with E-state index < -0.39 is 23.9 Å². The molecule has 0 unspecified atom stereocenters. The first-order valence-corrected chi connectivity index (χ1v) is 19.9. The second-order valence-corrected chi connectivity index (χ2v) is 14.3. The van der Waals surface area contributed by atoms with Gasteiger partial charge in [0.05, 0.1) is 0 Å². The molecule has 12 heteroatoms. The Labute approximate surface area is 363 Å². The Balaban J connectivity index is 1.67. The average molecular weight is 847 g/mol. The number of benzene rings is 4. The molecule has 0 radical (unpaired) electrons. The lowest BCUT2D eigenvalue weighted by molar-refractivity contribution is -0.140. The van der Waals surface area contributed by atoms with E-state index in [1.165, 1.54) is 0 Å². The standard InChI is InChI=1S/C50H54O12/c1-33(2)47(51)59-29-25-55-41-17-9-37(10-18-41)45(38-11-19-42(20-12-38)56-26-30-60-48(52)34(3)4)46(39-13-21-43(22-14-39)57-27-31-61-49(53)35(5)6)40-15-23-44(24-16-40)58-28-32-62-50(54)36(7)8/h9-24,45-46H,1,3,5,7,25-32H2,2,4,6,8H3. The first kappa shape index (κ1) is 47.6. The summed E-state index contributed by atoms with van der Waals surface area (Å²) in [4.78, 5) is 47.3. The highest BCUT2D eigenvalue weighted by molar-refractivity contribution is 5.88. The zero-order valence-corrected chi connectivity index (χ0v) is 35.8. The summed E-state index contributed by atoms with van der Waals surface area (Å²) in [5.41, 5.74) is 5.12. The van der Waals surface area contributed by atoms with Gasteiger partial charge >= 0.3 is 23.9 Å². The van der Waals surface area contributed by atoms with Crippen LogP contribution in [0.25, 0.3) is 0 Å². The largest absolute Gasteiger partial charge is 0.490 e. The summed E-state index contributed by atoms with van der Waals surface area (Å²) in [7, 11) is 0. The quantitative estimate of drug-likeness (QED) is 0.0273. The number of esters is 4. The van der Waals surface area contributed by atoms with Gasteiger partial charge in [-0.3, -0.25) is 0 Å². The van der Waals surface area contributed by atoms with Crippen LogP contribution in [-0.4, -0.2) is 76.7 Å². The Kier molecular flexibility index (Phi) is 18.6. The molecule has 0 saturated carbocycles. The maximum absolute atomic E-state index is 11.8. The summed E-state index contributed by atoms with van der Waals surface area (Å²) < 4.78 is 44.3. The molecule has 0 amide bonds. The van der Waals surface area contributed by atoms with Gasteiger partial charge in [0.25, 0.3) is 0 Å². The van der Waals surface area contributed by atoms with E-state index in [2.05, 4.69) is 26.3 Å². The summed E-state index contributed by atoms with van der Waals surface area (Å²) in [5.74, 6) is -0.0773. The van der Waals surface area contributed by atoms with Gasteiger partial charge in [0.2, 0.25) is 0 Å². The molecule has 0 saturated heterocycles. The number of ether oxygens (including phenoxy) is 8. The van der Waals surface area contributed by atoms with Crippen molar-refractivity contribution in [2.24, 2.45) is 0 Å². The van der Waals surface area contributed by atoms with Crippen molar-refractivity contribution in [3.8, 4) is 23.0 Å². The zero-order chi connectivity index (χ0) is 45.0. The number of rotatable bonds is 25. The topological polar surface area (TPSA) is 142 Å². The highest BCUT2D eigenvalue weighted by Crippen LogP contribution is 2.44. The fourth-order valence-electron chi connectivity index (χ4n) is 5.91. The van der Waals surface area contributed by atoms with Gasteiger partial charge in [0.1, 0.15) is 75.9 Å². The summed E-state index contributed by atoms with van der Waals surface area (Å²) >= 11 is 0. The molecule has 0 fully saturated rings. The van der Waals surface area contributed by atoms with Crippen LogP contribution in [0.1, 0.15) is 61.8 Å². The molecule has 0 heterocycles. The van der Waals surface area contributed by atoms with Gasteiger partial charge in [-0.05, 0) is 98.5 Å². The summed E-state index contributed by atoms with van der Waals surface area (Å²) in [6.07, 6.45) is 0. The molecule has 0 atom stereocenters. The third-order valence-corrected chi connectivity index (χ3v) is 9.02. The molecule has 62 heavy (non-hydrogen) atoms. The molecule has 0 spiro atoms. The Bertz CT molecular complexity index is 1860. The minimum Gasteiger partial charge on any atom is -0.490 e. The van der Waals surface area contributed by atoms with Crippen molar-refractivity contribution in [1.82, 2.24) is 0 Å². The third kappa shape index (κ3) is 15.2. The maximum Gasteiger partial charge on any atom is 0.333 e. The van der Waals surface area contributed by atoms with E-state index in [0.29, 0.717) is 45.3 Å². The molecule has 4 aromatic rings. The van der Waals surface area contributed by atoms with E-state index in [1.54, 1.807) is 27.7 Å². The molecular formula is C50H54O12. The summed E-state index contributed by atoms with van der Waals surface area (Å²) in [6.45, 7) is 21.7. The summed E-state index contributed by atoms with van der Waals surface area (Å²) in [6, 6.07) is 31.0. The smallest absolute Gasteiger partial charge is 0.333 e. The Morgan fingerprint density at radius 1 is 0.339 bits per heavy atom. The lowest BCUT2D eigenvalue weighted by Crippen LogP contribution is -2.16. The van der Waals surface area contributed by atoms with E-state index in [1.807, 2.05) is 97.1 Å². The fourth-order valence-corrected chi connectivity index (χ4v) is 5.91. The minimum absolute atomic E-state index is 0.0710. The van der Waals surface area contributed by atoms with Gasteiger partial charge in [-0.1, -0.05) is 74.8 Å². The lowest BCUT2D eigenvalue weighted by atomic mass is 9.73. The normalized spacial score (nSPS) is 10.6. The van der Waals surface area contributed by atoms with Gasteiger partial charge in [0, 0.05) is 34.1 Å². The lowest BCUT2D eigenvalue weighted by Gasteiger charge is -2.30. The molecule has 4 rings (SSSR count). The van der Waals surface area contributed by atoms with Crippen LogP contribution in [0.3, 0.4) is 0 Å². The number of hydrogen-bond donors (Lipinski definition) is 0. The van der Waals surface area contributed by atoms with Gasteiger partial charge in [-0.25, -0.2) is 19.2 Å². The van der Waals surface area contributed by atoms with Crippen LogP contribution in [0, 0.1) is 0 Å². The second-order valence-electron chi connectivity index (χ2n) is 14.3. The van der Waals surface area contributed by atoms with Crippen molar-refractivity contribution >= 4 is 23.9 Å². The third-order valence-electron chi connectivity index (χ3n) is 9.02. The Morgan fingerprint density at radius 3 is 0.677 bits per heavy atom. The molecule has 0 N–H and O–H groups in total. The van der Waals surface area contributed by atoms with Crippen molar-refractivity contribution in [3.05, 3.63) is 168 Å². The number of carbonyl (C=O) groups is 4. The van der Waals surface area contributed by atoms with Crippen molar-refractivity contribution in [3.63, 3.8) is 0 Å². The summed E-state index contributed by atoms with van der Waals surface area (Å²) in [5, 5.41) is 0. The maximum atomic E-state index is 11.8. The molecular weight excluding hydrogens is 793 g/mol. The Morgan fingerprint density at radius 2 is 0.516 bits per heavy atom. The van der Waals surface area contributed by atoms with Crippen molar-refractivity contribution in [2.75, 3.05) is 52.9 Å². The highest BCUT2D eigenvalue weighted by atomic mass is 16.6. The molecule has 0 aromatic heterocycles. The van der Waals surface area contributed by atoms with Gasteiger partial charge < -0.3 is 37.9 Å². The van der Waals surface area contributed by atoms with Crippen LogP contribution >= 0.6 is 0 Å². The van der Waals surface area contributed by atoms with Crippen LogP contribution in [0.2, 0.25) is 0 Å². The van der Waals surface area contributed by atoms with Crippen LogP contribution in [0.4, 0.5) is 0 Å². The molecule has 0 bridgehead atoms. The van der Waals surface area contributed by atoms with Crippen LogP contribution in [-0.2, 0) is 38.1 Å². The van der Waals surface area contributed by atoms with Crippen molar-refractivity contribution in [1.29, 1.82) is 0 Å². The van der Waals surface area contributed by atoms with E-state index in [0.717, 1.165) is 22.3 Å². The predicted molar refractivity (Wildman–Crippen MR) is 235 cm³/mol. The van der Waals surface area contributed by atoms with Crippen LogP contribution in [0.5, 0.6) is 23.0 Å². The molecule has 0 aliphatic rings. The van der Waals surface area contributed by atoms with Crippen LogP contribution in [0.15, 0.2) is 146 Å². The fraction of sp³-hybridized carbons (Fsp3) is 0.280. The predicted octanol–water partition coefficient (Wildman–Crippen LogP) is 8.64. The SMILES string of the molecule is C=C(C)C(=O)OCCOc1ccc(C(c2ccc(OCCOC(=O)C(=C)C)cc2)C(c2ccc(OCCOC(=O)C(=C)C)cc2)c2ccc(OCCOC(=O)C(=C)C)cc2)cc1. The number of carbonyl (C=O) groups excluding carboxylic acids is 4. The van der Waals surface area contributed by atoms with Crippen molar-refractivity contribution in [2.45, 2.75) is 39.5 Å². The Hall–Kier alpha value is -7.08. The first-order chi connectivity index (χ1) is 29.7. The molecule has 0 aliphatic heterocycles. The molecule has 4 aromatic carbocycles. The van der Waals surface area contributed by atoms with E-state index in [-0.39, 0.29) is 64.7 Å². The van der Waals surface area contributed by atoms with Crippen LogP contribution < -0.4 is 18.9 Å². The average Bonchev–Trinajstić information content (AvgIpc) is 3.26. The van der Waals surface area contributed by atoms with E-state index >= 15 is 0 Å². The van der Waals surface area contributed by atoms with E-state index in [9.17, 15) is 19.2 Å². The molecule has 326 valence electrons. The van der Waals surface area contributed by atoms with Gasteiger partial charge in [-0.2, -0.15) is 0 Å². The van der Waals surface area contributed by atoms with Crippen molar-refractivity contribution < 1.29 is 57.1 Å². The minimum atomic E-state index is -0.479. The molecule has 12 nitrogen and oxygen atoms in total. The van der Waals surface area contributed by atoms with Gasteiger partial charge in [-0.15, -0.1) is 0 Å². The van der Waals surface area contributed by atoms with Gasteiger partial charge in [0.15, 0.2) is 0 Å². The second kappa shape index (κ2) is 24.2. The first-order valence-electron chi connectivity index (χ1n) is 19.9. The zero-order valence-electron chi connectivity index (χ0n) is 35.8. The molecule has 0 aliphatic carbocycles. The van der Waals surface area contributed by atoms with E-state index in [4.69, 9.17) is 37.9 Å². The number of hydrogen-bond acceptors (Lipinski definition) is 12. The monoisotopic (exact) mass is 846 g/mol.